The molecular weight excluding hydrogens is 226 g/mol. The van der Waals surface area contributed by atoms with E-state index >= 15 is 0 Å². The number of thioether (sulfide) groups is 1. The molecule has 0 unspecified atom stereocenters. The van der Waals surface area contributed by atoms with Gasteiger partial charge in [0.15, 0.2) is 5.16 Å². The van der Waals surface area contributed by atoms with Crippen molar-refractivity contribution in [1.82, 2.24) is 14.8 Å². The third-order valence-corrected chi connectivity index (χ3v) is 4.61. The standard InChI is InChI=1S/C10H15N3O2S/c14-7-2-1-3-8(7)16-10-12-11-9(15)13(10)6-4-5-6/h6-8,14H,1-5H2,(H,11,15)/t7-,8-/m1/s1. The average Bonchev–Trinajstić information content (AvgIpc) is 2.92. The molecule has 2 saturated carbocycles. The van der Waals surface area contributed by atoms with Crippen molar-refractivity contribution in [3.8, 4) is 0 Å². The fourth-order valence-electron chi connectivity index (χ4n) is 2.21. The molecule has 0 saturated heterocycles. The Balaban J connectivity index is 1.81. The molecule has 2 aliphatic rings. The molecule has 1 aromatic heterocycles. The molecule has 6 heteroatoms. The van der Waals surface area contributed by atoms with Crippen LogP contribution in [0.3, 0.4) is 0 Å². The Morgan fingerprint density at radius 2 is 2.19 bits per heavy atom. The van der Waals surface area contributed by atoms with E-state index in [2.05, 4.69) is 10.2 Å². The van der Waals surface area contributed by atoms with Gasteiger partial charge in [0, 0.05) is 11.3 Å². The summed E-state index contributed by atoms with van der Waals surface area (Å²) in [6, 6.07) is 0.340. The summed E-state index contributed by atoms with van der Waals surface area (Å²) in [5.74, 6) is 0. The fourth-order valence-corrected chi connectivity index (χ4v) is 3.50. The van der Waals surface area contributed by atoms with Crippen LogP contribution in [-0.2, 0) is 0 Å². The minimum atomic E-state index is -0.246. The van der Waals surface area contributed by atoms with Crippen molar-refractivity contribution in [1.29, 1.82) is 0 Å². The van der Waals surface area contributed by atoms with Gasteiger partial charge in [-0.15, -0.1) is 5.10 Å². The van der Waals surface area contributed by atoms with Crippen molar-refractivity contribution >= 4 is 11.8 Å². The summed E-state index contributed by atoms with van der Waals surface area (Å²) in [6.45, 7) is 0. The molecular formula is C10H15N3O2S. The molecule has 1 aromatic rings. The van der Waals surface area contributed by atoms with E-state index in [0.29, 0.717) is 6.04 Å². The lowest BCUT2D eigenvalue weighted by Crippen LogP contribution is -2.19. The second-order valence-electron chi connectivity index (χ2n) is 4.57. The average molecular weight is 241 g/mol. The quantitative estimate of drug-likeness (QED) is 0.825. The largest absolute Gasteiger partial charge is 0.392 e. The topological polar surface area (TPSA) is 70.9 Å². The van der Waals surface area contributed by atoms with Crippen LogP contribution in [0, 0.1) is 0 Å². The third kappa shape index (κ3) is 1.80. The SMILES string of the molecule is O=c1[nH]nc(S[C@@H]2CCC[C@H]2O)n1C1CC1. The molecule has 0 radical (unpaired) electrons. The zero-order valence-electron chi connectivity index (χ0n) is 8.93. The summed E-state index contributed by atoms with van der Waals surface area (Å²) < 4.78 is 1.75. The number of aliphatic hydroxyl groups excluding tert-OH is 1. The van der Waals surface area contributed by atoms with Crippen molar-refractivity contribution in [2.75, 3.05) is 0 Å². The highest BCUT2D eigenvalue weighted by atomic mass is 32.2. The molecule has 0 bridgehead atoms. The number of aromatic nitrogens is 3. The summed E-state index contributed by atoms with van der Waals surface area (Å²) in [4.78, 5) is 11.5. The Hall–Kier alpha value is -0.750. The molecule has 2 atom stereocenters. The van der Waals surface area contributed by atoms with Gasteiger partial charge < -0.3 is 5.11 Å². The molecule has 0 aromatic carbocycles. The molecule has 0 amide bonds. The molecule has 0 spiro atoms. The van der Waals surface area contributed by atoms with Gasteiger partial charge >= 0.3 is 5.69 Å². The van der Waals surface area contributed by atoms with E-state index in [4.69, 9.17) is 0 Å². The van der Waals surface area contributed by atoms with Gasteiger partial charge in [-0.1, -0.05) is 11.8 Å². The van der Waals surface area contributed by atoms with E-state index in [-0.39, 0.29) is 17.0 Å². The first-order valence-corrected chi connectivity index (χ1v) is 6.65. The molecule has 5 nitrogen and oxygen atoms in total. The fraction of sp³-hybridized carbons (Fsp3) is 0.800. The van der Waals surface area contributed by atoms with Crippen LogP contribution in [0.15, 0.2) is 9.95 Å². The van der Waals surface area contributed by atoms with Gasteiger partial charge in [0.1, 0.15) is 0 Å². The van der Waals surface area contributed by atoms with Crippen molar-refractivity contribution in [3.05, 3.63) is 10.5 Å². The Morgan fingerprint density at radius 1 is 1.38 bits per heavy atom. The maximum absolute atomic E-state index is 11.5. The highest BCUT2D eigenvalue weighted by molar-refractivity contribution is 7.99. The number of aliphatic hydroxyl groups is 1. The van der Waals surface area contributed by atoms with E-state index in [1.54, 1.807) is 16.3 Å². The molecule has 1 heterocycles. The van der Waals surface area contributed by atoms with Gasteiger partial charge in [-0.3, -0.25) is 4.57 Å². The second-order valence-corrected chi connectivity index (χ2v) is 5.77. The number of rotatable bonds is 3. The van der Waals surface area contributed by atoms with Crippen LogP contribution < -0.4 is 5.69 Å². The zero-order valence-corrected chi connectivity index (χ0v) is 9.74. The van der Waals surface area contributed by atoms with Crippen molar-refractivity contribution in [2.45, 2.75) is 54.7 Å². The Kier molecular flexibility index (Phi) is 2.55. The molecule has 2 aliphatic carbocycles. The molecule has 3 rings (SSSR count). The second kappa shape index (κ2) is 3.92. The number of hydrogen-bond donors (Lipinski definition) is 2. The van der Waals surface area contributed by atoms with E-state index in [1.807, 2.05) is 0 Å². The van der Waals surface area contributed by atoms with Gasteiger partial charge in [0.05, 0.1) is 6.10 Å². The molecule has 2 fully saturated rings. The van der Waals surface area contributed by atoms with Crippen LogP contribution in [0.5, 0.6) is 0 Å². The first-order chi connectivity index (χ1) is 7.75. The van der Waals surface area contributed by atoms with Crippen LogP contribution in [0.4, 0.5) is 0 Å². The van der Waals surface area contributed by atoms with Gasteiger partial charge in [0.2, 0.25) is 0 Å². The lowest BCUT2D eigenvalue weighted by atomic mass is 10.3. The first-order valence-electron chi connectivity index (χ1n) is 5.77. The van der Waals surface area contributed by atoms with E-state index in [0.717, 1.165) is 37.3 Å². The number of hydrogen-bond acceptors (Lipinski definition) is 4. The number of aromatic amines is 1. The van der Waals surface area contributed by atoms with E-state index < -0.39 is 0 Å². The van der Waals surface area contributed by atoms with Crippen molar-refractivity contribution < 1.29 is 5.11 Å². The monoisotopic (exact) mass is 241 g/mol. The van der Waals surface area contributed by atoms with Gasteiger partial charge in [0.25, 0.3) is 0 Å². The lowest BCUT2D eigenvalue weighted by molar-refractivity contribution is 0.188. The minimum absolute atomic E-state index is 0.113. The Bertz CT molecular complexity index is 438. The molecule has 0 aliphatic heterocycles. The number of H-pyrrole nitrogens is 1. The number of nitrogens with one attached hydrogen (secondary N) is 1. The molecule has 2 N–H and O–H groups in total. The summed E-state index contributed by atoms with van der Waals surface area (Å²) in [5, 5.41) is 17.3. The third-order valence-electron chi connectivity index (χ3n) is 3.26. The highest BCUT2D eigenvalue weighted by Gasteiger charge is 2.32. The maximum atomic E-state index is 11.5. The van der Waals surface area contributed by atoms with Crippen molar-refractivity contribution in [2.24, 2.45) is 0 Å². The predicted molar refractivity (Wildman–Crippen MR) is 60.6 cm³/mol. The highest BCUT2D eigenvalue weighted by Crippen LogP contribution is 2.39. The van der Waals surface area contributed by atoms with Gasteiger partial charge in [-0.25, -0.2) is 9.89 Å². The van der Waals surface area contributed by atoms with Crippen LogP contribution >= 0.6 is 11.8 Å². The van der Waals surface area contributed by atoms with Crippen LogP contribution in [-0.4, -0.2) is 31.2 Å². The van der Waals surface area contributed by atoms with Crippen LogP contribution in [0.1, 0.15) is 38.1 Å². The summed E-state index contributed by atoms with van der Waals surface area (Å²) in [7, 11) is 0. The first kappa shape index (κ1) is 10.4. The maximum Gasteiger partial charge on any atom is 0.344 e. The normalized spacial score (nSPS) is 29.8. The van der Waals surface area contributed by atoms with Crippen molar-refractivity contribution in [3.63, 3.8) is 0 Å². The van der Waals surface area contributed by atoms with Gasteiger partial charge in [-0.2, -0.15) is 0 Å². The smallest absolute Gasteiger partial charge is 0.344 e. The molecule has 88 valence electrons. The van der Waals surface area contributed by atoms with E-state index in [9.17, 15) is 9.90 Å². The lowest BCUT2D eigenvalue weighted by Gasteiger charge is -2.13. The summed E-state index contributed by atoms with van der Waals surface area (Å²) in [6.07, 6.45) is 4.84. The summed E-state index contributed by atoms with van der Waals surface area (Å²) >= 11 is 1.55. The minimum Gasteiger partial charge on any atom is -0.392 e. The number of nitrogens with zero attached hydrogens (tertiary/aromatic N) is 2. The summed E-state index contributed by atoms with van der Waals surface area (Å²) in [5.41, 5.74) is -0.113. The van der Waals surface area contributed by atoms with Gasteiger partial charge in [-0.05, 0) is 32.1 Å². The predicted octanol–water partition coefficient (Wildman–Crippen LogP) is 0.912. The molecule has 16 heavy (non-hydrogen) atoms. The van der Waals surface area contributed by atoms with E-state index in [1.165, 1.54) is 0 Å². The zero-order chi connectivity index (χ0) is 11.1. The van der Waals surface area contributed by atoms with Crippen LogP contribution in [0.25, 0.3) is 0 Å². The Labute approximate surface area is 97.2 Å². The van der Waals surface area contributed by atoms with Crippen LogP contribution in [0.2, 0.25) is 0 Å². The Morgan fingerprint density at radius 3 is 2.81 bits per heavy atom.